The van der Waals surface area contributed by atoms with Crippen molar-refractivity contribution in [1.29, 1.82) is 0 Å². The van der Waals surface area contributed by atoms with E-state index in [1.54, 1.807) is 0 Å². The second-order valence-corrected chi connectivity index (χ2v) is 7.86. The number of unbranched alkanes of at least 4 members (excludes halogenated alkanes) is 6. The van der Waals surface area contributed by atoms with E-state index in [-0.39, 0.29) is 12.2 Å². The van der Waals surface area contributed by atoms with Crippen molar-refractivity contribution >= 4 is 12.3 Å². The monoisotopic (exact) mass is 386 g/mol. The fourth-order valence-corrected chi connectivity index (χ4v) is 3.36. The molecule has 0 aromatic heterocycles. The molecule has 2 atom stereocenters. The molecular weight excluding hydrogens is 348 g/mol. The van der Waals surface area contributed by atoms with E-state index in [9.17, 15) is 9.59 Å². The zero-order valence-electron chi connectivity index (χ0n) is 17.4. The molecule has 0 aliphatic heterocycles. The molecule has 27 heavy (non-hydrogen) atoms. The third-order valence-electron chi connectivity index (χ3n) is 4.92. The summed E-state index contributed by atoms with van der Waals surface area (Å²) < 4.78 is 20.1. The smallest absolute Gasteiger partial charge is 0.438 e. The number of carbonyl (C=O) groups is 2. The quantitative estimate of drug-likeness (QED) is 0.302. The summed E-state index contributed by atoms with van der Waals surface area (Å²) in [5.74, 6) is 0.807. The molecule has 0 N–H and O–H groups in total. The molecule has 0 aromatic carbocycles. The number of rotatable bonds is 12. The zero-order valence-corrected chi connectivity index (χ0v) is 17.4. The fraction of sp³-hybridized carbons (Fsp3) is 0.905. The van der Waals surface area contributed by atoms with Crippen LogP contribution in [-0.4, -0.2) is 38.2 Å². The van der Waals surface area contributed by atoms with Gasteiger partial charge in [-0.15, -0.1) is 0 Å². The molecule has 0 heterocycles. The molecule has 2 unspecified atom stereocenters. The van der Waals surface area contributed by atoms with Gasteiger partial charge in [-0.1, -0.05) is 58.8 Å². The van der Waals surface area contributed by atoms with Gasteiger partial charge in [0.05, 0.1) is 13.7 Å². The van der Waals surface area contributed by atoms with Crippen molar-refractivity contribution < 1.29 is 28.5 Å². The van der Waals surface area contributed by atoms with Crippen LogP contribution in [0.5, 0.6) is 0 Å². The van der Waals surface area contributed by atoms with E-state index >= 15 is 0 Å². The van der Waals surface area contributed by atoms with Gasteiger partial charge < -0.3 is 18.9 Å². The average molecular weight is 387 g/mol. The topological polar surface area (TPSA) is 71.1 Å². The molecule has 0 radical (unpaired) electrons. The number of hydrogen-bond acceptors (Lipinski definition) is 6. The summed E-state index contributed by atoms with van der Waals surface area (Å²) in [5, 5.41) is 0. The normalized spacial score (nSPS) is 19.6. The van der Waals surface area contributed by atoms with Crippen LogP contribution in [0.2, 0.25) is 0 Å². The highest BCUT2D eigenvalue weighted by atomic mass is 16.7. The molecule has 1 saturated carbocycles. The third kappa shape index (κ3) is 12.5. The highest BCUT2D eigenvalue weighted by molar-refractivity contribution is 5.60. The Labute approximate surface area is 164 Å². The Morgan fingerprint density at radius 3 is 2.00 bits per heavy atom. The average Bonchev–Trinajstić information content (AvgIpc) is 2.63. The van der Waals surface area contributed by atoms with Crippen molar-refractivity contribution in [3.05, 3.63) is 0 Å². The van der Waals surface area contributed by atoms with Crippen LogP contribution in [0.4, 0.5) is 9.59 Å². The Morgan fingerprint density at radius 1 is 0.852 bits per heavy atom. The molecule has 1 rings (SSSR count). The summed E-state index contributed by atoms with van der Waals surface area (Å²) in [5.41, 5.74) is 0. The molecule has 6 nitrogen and oxygen atoms in total. The predicted molar refractivity (Wildman–Crippen MR) is 104 cm³/mol. The summed E-state index contributed by atoms with van der Waals surface area (Å²) in [6.45, 7) is 4.95. The second-order valence-electron chi connectivity index (χ2n) is 7.86. The zero-order chi connectivity index (χ0) is 19.9. The van der Waals surface area contributed by atoms with E-state index in [1.165, 1.54) is 45.6 Å². The van der Waals surface area contributed by atoms with Gasteiger partial charge in [0.1, 0.15) is 12.2 Å². The van der Waals surface area contributed by atoms with Gasteiger partial charge in [0.15, 0.2) is 0 Å². The van der Waals surface area contributed by atoms with Gasteiger partial charge in [0.25, 0.3) is 0 Å². The molecule has 0 bridgehead atoms. The first kappa shape index (κ1) is 23.6. The Bertz CT molecular complexity index is 409. The van der Waals surface area contributed by atoms with Crippen LogP contribution in [-0.2, 0) is 18.9 Å². The van der Waals surface area contributed by atoms with Crippen molar-refractivity contribution in [2.75, 3.05) is 13.7 Å². The first-order valence-electron chi connectivity index (χ1n) is 10.6. The van der Waals surface area contributed by atoms with Crippen molar-refractivity contribution in [1.82, 2.24) is 0 Å². The molecular formula is C21H38O6. The van der Waals surface area contributed by atoms with Crippen LogP contribution in [0, 0.1) is 5.92 Å². The second kappa shape index (κ2) is 14.6. The Balaban J connectivity index is 1.98. The van der Waals surface area contributed by atoms with Gasteiger partial charge in [-0.25, -0.2) is 9.59 Å². The number of hydrogen-bond donors (Lipinski definition) is 0. The lowest BCUT2D eigenvalue weighted by Gasteiger charge is -2.27. The van der Waals surface area contributed by atoms with Crippen LogP contribution in [0.3, 0.4) is 0 Å². The lowest BCUT2D eigenvalue weighted by Crippen LogP contribution is -2.31. The Hall–Kier alpha value is -1.46. The SMILES string of the molecule is COC(=O)OC1CCCC(OC(=O)OCCCCCCCCCC(C)C)C1. The van der Waals surface area contributed by atoms with Crippen LogP contribution < -0.4 is 0 Å². The van der Waals surface area contributed by atoms with E-state index in [0.29, 0.717) is 13.0 Å². The van der Waals surface area contributed by atoms with Crippen molar-refractivity contribution in [3.8, 4) is 0 Å². The molecule has 1 aliphatic rings. The number of methoxy groups -OCH3 is 1. The molecule has 0 amide bonds. The largest absolute Gasteiger partial charge is 0.508 e. The molecule has 158 valence electrons. The highest BCUT2D eigenvalue weighted by Gasteiger charge is 2.28. The molecule has 1 aliphatic carbocycles. The predicted octanol–water partition coefficient (Wildman–Crippen LogP) is 6.01. The molecule has 0 spiro atoms. The van der Waals surface area contributed by atoms with Gasteiger partial charge in [0.2, 0.25) is 0 Å². The van der Waals surface area contributed by atoms with Gasteiger partial charge >= 0.3 is 12.3 Å². The molecule has 0 saturated heterocycles. The minimum absolute atomic E-state index is 0.258. The molecule has 0 aromatic rings. The summed E-state index contributed by atoms with van der Waals surface area (Å²) in [6, 6.07) is 0. The van der Waals surface area contributed by atoms with Crippen molar-refractivity contribution in [2.24, 2.45) is 5.92 Å². The number of carbonyl (C=O) groups excluding carboxylic acids is 2. The molecule has 6 heteroatoms. The maximum absolute atomic E-state index is 11.8. The van der Waals surface area contributed by atoms with E-state index in [2.05, 4.69) is 18.6 Å². The third-order valence-corrected chi connectivity index (χ3v) is 4.92. The summed E-state index contributed by atoms with van der Waals surface area (Å²) >= 11 is 0. The summed E-state index contributed by atoms with van der Waals surface area (Å²) in [6.07, 6.45) is 10.7. The minimum atomic E-state index is -0.692. The summed E-state index contributed by atoms with van der Waals surface area (Å²) in [7, 11) is 1.28. The van der Waals surface area contributed by atoms with Gasteiger partial charge in [-0.05, 0) is 31.6 Å². The molecule has 1 fully saturated rings. The van der Waals surface area contributed by atoms with E-state index in [4.69, 9.17) is 14.2 Å². The van der Waals surface area contributed by atoms with E-state index < -0.39 is 12.3 Å². The van der Waals surface area contributed by atoms with Crippen molar-refractivity contribution in [3.63, 3.8) is 0 Å². The fourth-order valence-electron chi connectivity index (χ4n) is 3.36. The highest BCUT2D eigenvalue weighted by Crippen LogP contribution is 2.24. The Kier molecular flexibility index (Phi) is 12.7. The number of ether oxygens (including phenoxy) is 4. The van der Waals surface area contributed by atoms with Gasteiger partial charge in [-0.2, -0.15) is 0 Å². The lowest BCUT2D eigenvalue weighted by molar-refractivity contribution is -0.0312. The van der Waals surface area contributed by atoms with E-state index in [0.717, 1.165) is 38.0 Å². The van der Waals surface area contributed by atoms with E-state index in [1.807, 2.05) is 0 Å². The van der Waals surface area contributed by atoms with Crippen LogP contribution in [0.15, 0.2) is 0 Å². The van der Waals surface area contributed by atoms with Crippen LogP contribution in [0.25, 0.3) is 0 Å². The maximum Gasteiger partial charge on any atom is 0.508 e. The van der Waals surface area contributed by atoms with Crippen LogP contribution >= 0.6 is 0 Å². The standard InChI is InChI=1S/C21H38O6/c1-17(2)12-9-7-5-4-6-8-10-15-25-21(23)27-19-14-11-13-18(16-19)26-20(22)24-3/h17-19H,4-16H2,1-3H3. The minimum Gasteiger partial charge on any atom is -0.438 e. The van der Waals surface area contributed by atoms with Gasteiger partial charge in [-0.3, -0.25) is 0 Å². The Morgan fingerprint density at radius 2 is 1.41 bits per heavy atom. The lowest BCUT2D eigenvalue weighted by atomic mass is 9.95. The van der Waals surface area contributed by atoms with Crippen molar-refractivity contribution in [2.45, 2.75) is 103 Å². The van der Waals surface area contributed by atoms with Crippen LogP contribution in [0.1, 0.15) is 90.9 Å². The first-order chi connectivity index (χ1) is 13.0. The maximum atomic E-state index is 11.8. The van der Waals surface area contributed by atoms with Gasteiger partial charge in [0, 0.05) is 6.42 Å². The first-order valence-corrected chi connectivity index (χ1v) is 10.6. The summed E-state index contributed by atoms with van der Waals surface area (Å²) in [4.78, 5) is 22.9.